The number of hydrogen-bond donors (Lipinski definition) is 2. The van der Waals surface area contributed by atoms with Crippen molar-refractivity contribution in [2.75, 3.05) is 13.7 Å². The van der Waals surface area contributed by atoms with E-state index < -0.39 is 12.0 Å². The largest absolute Gasteiger partial charge is 0.508 e. The molecule has 0 aliphatic carbocycles. The molecule has 0 fully saturated rings. The highest BCUT2D eigenvalue weighted by molar-refractivity contribution is 7.09. The van der Waals surface area contributed by atoms with Crippen LogP contribution in [0.25, 0.3) is 0 Å². The van der Waals surface area contributed by atoms with Gasteiger partial charge in [0.1, 0.15) is 11.8 Å². The number of carbonyl (C=O) groups is 1. The summed E-state index contributed by atoms with van der Waals surface area (Å²) >= 11 is 1.68. The maximum absolute atomic E-state index is 11.9. The number of nitrogens with one attached hydrogen (secondary N) is 1. The van der Waals surface area contributed by atoms with Crippen LogP contribution >= 0.6 is 11.3 Å². The molecule has 1 aromatic carbocycles. The third kappa shape index (κ3) is 3.59. The molecule has 2 N–H and O–H groups in total. The first-order valence-corrected chi connectivity index (χ1v) is 7.22. The van der Waals surface area contributed by atoms with Gasteiger partial charge in [-0.15, -0.1) is 11.3 Å². The van der Waals surface area contributed by atoms with E-state index in [2.05, 4.69) is 11.4 Å². The molecule has 2 aromatic rings. The summed E-state index contributed by atoms with van der Waals surface area (Å²) < 4.78 is 4.80. The third-order valence-electron chi connectivity index (χ3n) is 2.98. The zero-order valence-corrected chi connectivity index (χ0v) is 12.0. The summed E-state index contributed by atoms with van der Waals surface area (Å²) in [6.07, 6.45) is 0.832. The standard InChI is InChI=1S/C15H17NO3S/c1-19-15(18)14(12-6-2-3-7-13(12)17)16-9-8-11-5-4-10-20-11/h2-7,10,14,16-17H,8-9H2,1H3/t14-/m0/s1. The normalized spacial score (nSPS) is 12.1. The number of para-hydroxylation sites is 1. The van der Waals surface area contributed by atoms with Crippen LogP contribution in [0.15, 0.2) is 41.8 Å². The topological polar surface area (TPSA) is 58.6 Å². The fourth-order valence-electron chi connectivity index (χ4n) is 1.96. The molecule has 0 spiro atoms. The Morgan fingerprint density at radius 2 is 2.15 bits per heavy atom. The molecule has 2 rings (SSSR count). The Hall–Kier alpha value is -1.85. The number of hydrogen-bond acceptors (Lipinski definition) is 5. The smallest absolute Gasteiger partial charge is 0.327 e. The summed E-state index contributed by atoms with van der Waals surface area (Å²) in [5, 5.41) is 15.0. The van der Waals surface area contributed by atoms with Crippen molar-refractivity contribution >= 4 is 17.3 Å². The Labute approximate surface area is 122 Å². The van der Waals surface area contributed by atoms with E-state index in [1.165, 1.54) is 12.0 Å². The number of ether oxygens (including phenoxy) is 1. The molecule has 0 aliphatic heterocycles. The van der Waals surface area contributed by atoms with Crippen LogP contribution in [0.4, 0.5) is 0 Å². The number of phenolic OH excluding ortho intramolecular Hbond substituents is 1. The number of methoxy groups -OCH3 is 1. The lowest BCUT2D eigenvalue weighted by Crippen LogP contribution is -2.31. The minimum Gasteiger partial charge on any atom is -0.508 e. The van der Waals surface area contributed by atoms with Gasteiger partial charge in [0, 0.05) is 17.0 Å². The van der Waals surface area contributed by atoms with Gasteiger partial charge in [-0.3, -0.25) is 0 Å². The lowest BCUT2D eigenvalue weighted by molar-refractivity contribution is -0.143. The van der Waals surface area contributed by atoms with Crippen LogP contribution in [-0.2, 0) is 16.0 Å². The highest BCUT2D eigenvalue weighted by Crippen LogP contribution is 2.24. The molecule has 4 nitrogen and oxygen atoms in total. The average Bonchev–Trinajstić information content (AvgIpc) is 2.97. The minimum atomic E-state index is -0.652. The highest BCUT2D eigenvalue weighted by Gasteiger charge is 2.23. The number of benzene rings is 1. The number of thiophene rings is 1. The maximum atomic E-state index is 11.9. The average molecular weight is 291 g/mol. The van der Waals surface area contributed by atoms with Gasteiger partial charge in [-0.1, -0.05) is 24.3 Å². The third-order valence-corrected chi connectivity index (χ3v) is 3.92. The maximum Gasteiger partial charge on any atom is 0.327 e. The zero-order chi connectivity index (χ0) is 14.4. The molecular formula is C15H17NO3S. The van der Waals surface area contributed by atoms with E-state index in [1.54, 1.807) is 35.6 Å². The number of phenols is 1. The molecule has 20 heavy (non-hydrogen) atoms. The lowest BCUT2D eigenvalue weighted by atomic mass is 10.1. The van der Waals surface area contributed by atoms with E-state index in [4.69, 9.17) is 4.74 Å². The first kappa shape index (κ1) is 14.6. The Morgan fingerprint density at radius 1 is 1.35 bits per heavy atom. The summed E-state index contributed by atoms with van der Waals surface area (Å²) in [6, 6.07) is 10.2. The van der Waals surface area contributed by atoms with Crippen molar-refractivity contribution in [3.8, 4) is 5.75 Å². The predicted octanol–water partition coefficient (Wildman–Crippen LogP) is 2.50. The van der Waals surface area contributed by atoms with Crippen molar-refractivity contribution in [1.82, 2.24) is 5.32 Å². The second-order valence-electron chi connectivity index (χ2n) is 4.30. The second kappa shape index (κ2) is 7.07. The second-order valence-corrected chi connectivity index (χ2v) is 5.33. The van der Waals surface area contributed by atoms with E-state index >= 15 is 0 Å². The van der Waals surface area contributed by atoms with Gasteiger partial charge in [-0.2, -0.15) is 0 Å². The van der Waals surface area contributed by atoms with Crippen LogP contribution in [0.2, 0.25) is 0 Å². The molecule has 0 aliphatic rings. The van der Waals surface area contributed by atoms with Crippen LogP contribution in [0.5, 0.6) is 5.75 Å². The monoisotopic (exact) mass is 291 g/mol. The molecular weight excluding hydrogens is 274 g/mol. The van der Waals surface area contributed by atoms with Crippen molar-refractivity contribution in [3.63, 3.8) is 0 Å². The molecule has 0 radical (unpaired) electrons. The number of rotatable bonds is 6. The van der Waals surface area contributed by atoms with Crippen molar-refractivity contribution in [2.24, 2.45) is 0 Å². The van der Waals surface area contributed by atoms with Gasteiger partial charge in [-0.05, 0) is 23.9 Å². The van der Waals surface area contributed by atoms with Gasteiger partial charge in [0.25, 0.3) is 0 Å². The molecule has 5 heteroatoms. The van der Waals surface area contributed by atoms with E-state index in [1.807, 2.05) is 11.4 Å². The first-order chi connectivity index (χ1) is 9.72. The van der Waals surface area contributed by atoms with Gasteiger partial charge < -0.3 is 15.2 Å². The van der Waals surface area contributed by atoms with Crippen LogP contribution in [0, 0.1) is 0 Å². The molecule has 106 valence electrons. The van der Waals surface area contributed by atoms with Crippen LogP contribution in [-0.4, -0.2) is 24.7 Å². The summed E-state index contributed by atoms with van der Waals surface area (Å²) in [5.41, 5.74) is 0.533. The summed E-state index contributed by atoms with van der Waals surface area (Å²) in [7, 11) is 1.34. The van der Waals surface area contributed by atoms with E-state index in [-0.39, 0.29) is 5.75 Å². The zero-order valence-electron chi connectivity index (χ0n) is 11.2. The SMILES string of the molecule is COC(=O)[C@@H](NCCc1cccs1)c1ccccc1O. The first-order valence-electron chi connectivity index (χ1n) is 6.34. The minimum absolute atomic E-state index is 0.0894. The molecule has 0 unspecified atom stereocenters. The highest BCUT2D eigenvalue weighted by atomic mass is 32.1. The van der Waals surface area contributed by atoms with Crippen LogP contribution in [0.1, 0.15) is 16.5 Å². The summed E-state index contributed by atoms with van der Waals surface area (Å²) in [6.45, 7) is 0.634. The van der Waals surface area contributed by atoms with E-state index in [9.17, 15) is 9.90 Å². The number of aromatic hydroxyl groups is 1. The van der Waals surface area contributed by atoms with Gasteiger partial charge in [0.05, 0.1) is 7.11 Å². The Bertz CT molecular complexity index is 554. The van der Waals surface area contributed by atoms with E-state index in [0.29, 0.717) is 12.1 Å². The Balaban J connectivity index is 2.04. The number of carbonyl (C=O) groups excluding carboxylic acids is 1. The predicted molar refractivity (Wildman–Crippen MR) is 78.9 cm³/mol. The Morgan fingerprint density at radius 3 is 2.80 bits per heavy atom. The molecule has 1 aromatic heterocycles. The van der Waals surface area contributed by atoms with Crippen molar-refractivity contribution in [3.05, 3.63) is 52.2 Å². The number of esters is 1. The fourth-order valence-corrected chi connectivity index (χ4v) is 2.67. The van der Waals surface area contributed by atoms with Crippen LogP contribution in [0.3, 0.4) is 0 Å². The van der Waals surface area contributed by atoms with Gasteiger partial charge >= 0.3 is 5.97 Å². The Kier molecular flexibility index (Phi) is 5.15. The van der Waals surface area contributed by atoms with Crippen molar-refractivity contribution in [2.45, 2.75) is 12.5 Å². The summed E-state index contributed by atoms with van der Waals surface area (Å²) in [4.78, 5) is 13.1. The molecule has 1 heterocycles. The van der Waals surface area contributed by atoms with E-state index in [0.717, 1.165) is 6.42 Å². The van der Waals surface area contributed by atoms with Crippen molar-refractivity contribution in [1.29, 1.82) is 0 Å². The molecule has 0 saturated carbocycles. The van der Waals surface area contributed by atoms with Gasteiger partial charge in [-0.25, -0.2) is 4.79 Å². The quantitative estimate of drug-likeness (QED) is 0.803. The molecule has 0 saturated heterocycles. The molecule has 0 bridgehead atoms. The summed E-state index contributed by atoms with van der Waals surface area (Å²) in [5.74, 6) is -0.316. The van der Waals surface area contributed by atoms with Gasteiger partial charge in [0.2, 0.25) is 0 Å². The molecule has 1 atom stereocenters. The van der Waals surface area contributed by atoms with Crippen LogP contribution < -0.4 is 5.32 Å². The molecule has 0 amide bonds. The van der Waals surface area contributed by atoms with Crippen molar-refractivity contribution < 1.29 is 14.6 Å². The van der Waals surface area contributed by atoms with Gasteiger partial charge in [0.15, 0.2) is 0 Å². The lowest BCUT2D eigenvalue weighted by Gasteiger charge is -2.17. The fraction of sp³-hybridized carbons (Fsp3) is 0.267.